The molecule has 0 spiro atoms. The zero-order chi connectivity index (χ0) is 18.4. The van der Waals surface area contributed by atoms with Crippen molar-refractivity contribution in [3.05, 3.63) is 70.8 Å². The van der Waals surface area contributed by atoms with Gasteiger partial charge in [-0.3, -0.25) is 9.69 Å². The highest BCUT2D eigenvalue weighted by molar-refractivity contribution is 5.94. The number of amides is 1. The van der Waals surface area contributed by atoms with Crippen LogP contribution in [0.3, 0.4) is 0 Å². The molecule has 4 heteroatoms. The first-order chi connectivity index (χ1) is 12.7. The number of hydrogen-bond acceptors (Lipinski definition) is 3. The van der Waals surface area contributed by atoms with Crippen molar-refractivity contribution in [1.29, 1.82) is 0 Å². The van der Waals surface area contributed by atoms with Crippen LogP contribution >= 0.6 is 0 Å². The second kappa shape index (κ2) is 8.97. The van der Waals surface area contributed by atoms with Crippen LogP contribution in [0.2, 0.25) is 0 Å². The Morgan fingerprint density at radius 1 is 1.08 bits per heavy atom. The molecule has 1 aliphatic heterocycles. The van der Waals surface area contributed by atoms with Crippen LogP contribution in [0.15, 0.2) is 48.5 Å². The highest BCUT2D eigenvalue weighted by atomic mass is 16.5. The number of hydrogen-bond donors (Lipinski definition) is 1. The maximum absolute atomic E-state index is 12.5. The third kappa shape index (κ3) is 4.71. The van der Waals surface area contributed by atoms with Crippen molar-refractivity contribution in [1.82, 2.24) is 10.2 Å². The fourth-order valence-electron chi connectivity index (χ4n) is 3.32. The Kier molecular flexibility index (Phi) is 6.42. The molecule has 0 aliphatic carbocycles. The lowest BCUT2D eigenvalue weighted by atomic mass is 10.0. The number of nitrogens with zero attached hydrogens (tertiary/aromatic N) is 1. The minimum Gasteiger partial charge on any atom is -0.379 e. The van der Waals surface area contributed by atoms with Gasteiger partial charge in [0.15, 0.2) is 0 Å². The highest BCUT2D eigenvalue weighted by Crippen LogP contribution is 2.22. The van der Waals surface area contributed by atoms with E-state index in [0.717, 1.165) is 38.3 Å². The molecule has 0 saturated carbocycles. The van der Waals surface area contributed by atoms with Crippen LogP contribution in [0.4, 0.5) is 0 Å². The van der Waals surface area contributed by atoms with Crippen LogP contribution in [0.5, 0.6) is 0 Å². The third-order valence-corrected chi connectivity index (χ3v) is 5.03. The minimum atomic E-state index is -0.0200. The van der Waals surface area contributed by atoms with Gasteiger partial charge in [0.2, 0.25) is 0 Å². The smallest absolute Gasteiger partial charge is 0.251 e. The SMILES string of the molecule is CCc1ccc(C(CNC(=O)c2ccc(C)cc2)N2CCOCC2)cc1. The molecule has 1 unspecified atom stereocenters. The average molecular weight is 352 g/mol. The van der Waals surface area contributed by atoms with E-state index in [9.17, 15) is 4.79 Å². The first-order valence-corrected chi connectivity index (χ1v) is 9.43. The zero-order valence-corrected chi connectivity index (χ0v) is 15.7. The fraction of sp³-hybridized carbons (Fsp3) is 0.409. The number of carbonyl (C=O) groups is 1. The van der Waals surface area contributed by atoms with Crippen LogP contribution in [0, 0.1) is 6.92 Å². The van der Waals surface area contributed by atoms with Crippen molar-refractivity contribution in [3.63, 3.8) is 0 Å². The molecule has 1 amide bonds. The van der Waals surface area contributed by atoms with E-state index in [1.165, 1.54) is 11.1 Å². The van der Waals surface area contributed by atoms with Gasteiger partial charge in [0.1, 0.15) is 0 Å². The summed E-state index contributed by atoms with van der Waals surface area (Å²) in [5.41, 5.74) is 4.44. The van der Waals surface area contributed by atoms with E-state index < -0.39 is 0 Å². The molecule has 1 saturated heterocycles. The molecule has 0 bridgehead atoms. The average Bonchev–Trinajstić information content (AvgIpc) is 2.70. The van der Waals surface area contributed by atoms with Gasteiger partial charge in [0.25, 0.3) is 5.91 Å². The van der Waals surface area contributed by atoms with E-state index in [0.29, 0.717) is 12.1 Å². The van der Waals surface area contributed by atoms with E-state index in [4.69, 9.17) is 4.74 Å². The monoisotopic (exact) mass is 352 g/mol. The summed E-state index contributed by atoms with van der Waals surface area (Å²) >= 11 is 0. The van der Waals surface area contributed by atoms with Gasteiger partial charge in [0.05, 0.1) is 19.3 Å². The van der Waals surface area contributed by atoms with Gasteiger partial charge in [0, 0.05) is 25.2 Å². The number of ether oxygens (including phenoxy) is 1. The second-order valence-electron chi connectivity index (χ2n) is 6.84. The van der Waals surface area contributed by atoms with Crippen molar-refractivity contribution < 1.29 is 9.53 Å². The number of morpholine rings is 1. The number of aryl methyl sites for hydroxylation is 2. The Hall–Kier alpha value is -2.17. The van der Waals surface area contributed by atoms with Crippen molar-refractivity contribution >= 4 is 5.91 Å². The zero-order valence-electron chi connectivity index (χ0n) is 15.7. The number of carbonyl (C=O) groups excluding carboxylic acids is 1. The van der Waals surface area contributed by atoms with E-state index in [1.807, 2.05) is 31.2 Å². The lowest BCUT2D eigenvalue weighted by molar-refractivity contribution is 0.0162. The largest absolute Gasteiger partial charge is 0.379 e. The Balaban J connectivity index is 1.72. The third-order valence-electron chi connectivity index (χ3n) is 5.03. The summed E-state index contributed by atoms with van der Waals surface area (Å²) in [5.74, 6) is -0.0200. The number of nitrogens with one attached hydrogen (secondary N) is 1. The van der Waals surface area contributed by atoms with Gasteiger partial charge in [-0.05, 0) is 36.6 Å². The minimum absolute atomic E-state index is 0.0200. The Bertz CT molecular complexity index is 704. The van der Waals surface area contributed by atoms with Gasteiger partial charge < -0.3 is 10.1 Å². The second-order valence-corrected chi connectivity index (χ2v) is 6.84. The normalized spacial score (nSPS) is 16.2. The van der Waals surface area contributed by atoms with E-state index in [1.54, 1.807) is 0 Å². The summed E-state index contributed by atoms with van der Waals surface area (Å²) in [6, 6.07) is 16.6. The van der Waals surface area contributed by atoms with Crippen LogP contribution in [-0.4, -0.2) is 43.7 Å². The van der Waals surface area contributed by atoms with Gasteiger partial charge in [-0.1, -0.05) is 48.9 Å². The lowest BCUT2D eigenvalue weighted by Gasteiger charge is -2.35. The van der Waals surface area contributed by atoms with E-state index in [-0.39, 0.29) is 11.9 Å². The van der Waals surface area contributed by atoms with Crippen LogP contribution in [0.25, 0.3) is 0 Å². The van der Waals surface area contributed by atoms with Crippen molar-refractivity contribution in [2.24, 2.45) is 0 Å². The molecule has 1 aliphatic rings. The Labute approximate surface area is 156 Å². The molecule has 2 aromatic rings. The van der Waals surface area contributed by atoms with Crippen molar-refractivity contribution in [2.45, 2.75) is 26.3 Å². The molecule has 1 fully saturated rings. The molecule has 1 N–H and O–H groups in total. The molecule has 1 atom stereocenters. The van der Waals surface area contributed by atoms with E-state index in [2.05, 4.69) is 41.4 Å². The van der Waals surface area contributed by atoms with Crippen molar-refractivity contribution in [3.8, 4) is 0 Å². The van der Waals surface area contributed by atoms with Gasteiger partial charge >= 0.3 is 0 Å². The highest BCUT2D eigenvalue weighted by Gasteiger charge is 2.23. The standard InChI is InChI=1S/C22H28N2O2/c1-3-18-6-10-19(11-7-18)21(24-12-14-26-15-13-24)16-23-22(25)20-8-4-17(2)5-9-20/h4-11,21H,3,12-16H2,1-2H3,(H,23,25). The molecule has 2 aromatic carbocycles. The maximum atomic E-state index is 12.5. The first kappa shape index (κ1) is 18.6. The number of rotatable bonds is 6. The molecule has 3 rings (SSSR count). The lowest BCUT2D eigenvalue weighted by Crippen LogP contribution is -2.43. The molecule has 4 nitrogen and oxygen atoms in total. The summed E-state index contributed by atoms with van der Waals surface area (Å²) in [6.45, 7) is 8.05. The van der Waals surface area contributed by atoms with Crippen LogP contribution in [0.1, 0.15) is 40.0 Å². The summed E-state index contributed by atoms with van der Waals surface area (Å²) < 4.78 is 5.50. The summed E-state index contributed by atoms with van der Waals surface area (Å²) in [6.07, 6.45) is 1.03. The fourth-order valence-corrected chi connectivity index (χ4v) is 3.32. The Morgan fingerprint density at radius 3 is 2.35 bits per heavy atom. The number of benzene rings is 2. The van der Waals surface area contributed by atoms with Gasteiger partial charge in [-0.25, -0.2) is 0 Å². The molecule has 138 valence electrons. The van der Waals surface area contributed by atoms with Crippen molar-refractivity contribution in [2.75, 3.05) is 32.8 Å². The maximum Gasteiger partial charge on any atom is 0.251 e. The quantitative estimate of drug-likeness (QED) is 0.867. The summed E-state index contributed by atoms with van der Waals surface area (Å²) in [7, 11) is 0. The molecular formula is C22H28N2O2. The first-order valence-electron chi connectivity index (χ1n) is 9.43. The predicted octanol–water partition coefficient (Wildman–Crippen LogP) is 3.36. The molecular weight excluding hydrogens is 324 g/mol. The molecule has 1 heterocycles. The predicted molar refractivity (Wildman–Crippen MR) is 104 cm³/mol. The summed E-state index contributed by atoms with van der Waals surface area (Å²) in [4.78, 5) is 14.9. The van der Waals surface area contributed by atoms with Gasteiger partial charge in [-0.2, -0.15) is 0 Å². The van der Waals surface area contributed by atoms with E-state index >= 15 is 0 Å². The van der Waals surface area contributed by atoms with Gasteiger partial charge in [-0.15, -0.1) is 0 Å². The summed E-state index contributed by atoms with van der Waals surface area (Å²) in [5, 5.41) is 3.12. The molecule has 0 aromatic heterocycles. The molecule has 26 heavy (non-hydrogen) atoms. The Morgan fingerprint density at radius 2 is 1.73 bits per heavy atom. The topological polar surface area (TPSA) is 41.6 Å². The van der Waals surface area contributed by atoms with Crippen LogP contribution < -0.4 is 5.32 Å². The molecule has 0 radical (unpaired) electrons. The van der Waals surface area contributed by atoms with Crippen LogP contribution in [-0.2, 0) is 11.2 Å².